The second kappa shape index (κ2) is 8.30. The van der Waals surface area contributed by atoms with Crippen LogP contribution in [0.2, 0.25) is 0 Å². The van der Waals surface area contributed by atoms with Crippen LogP contribution in [-0.2, 0) is 6.54 Å². The number of rotatable bonds is 7. The van der Waals surface area contributed by atoms with E-state index in [4.69, 9.17) is 5.84 Å². The molecule has 5 heteroatoms. The van der Waals surface area contributed by atoms with Crippen LogP contribution in [0.3, 0.4) is 0 Å². The molecule has 0 saturated carbocycles. The third kappa shape index (κ3) is 4.93. The Morgan fingerprint density at radius 1 is 1.42 bits per heavy atom. The maximum absolute atomic E-state index is 11.4. The van der Waals surface area contributed by atoms with Gasteiger partial charge < -0.3 is 0 Å². The number of nitrogens with one attached hydrogen (secondary N) is 1. The van der Waals surface area contributed by atoms with Gasteiger partial charge in [-0.1, -0.05) is 42.3 Å². The van der Waals surface area contributed by atoms with Gasteiger partial charge in [0.2, 0.25) is 0 Å². The topological polar surface area (TPSA) is 58.4 Å². The van der Waals surface area contributed by atoms with Gasteiger partial charge in [0.25, 0.3) is 5.91 Å². The highest BCUT2D eigenvalue weighted by Crippen LogP contribution is 2.20. The molecule has 0 radical (unpaired) electrons. The zero-order valence-corrected chi connectivity index (χ0v) is 13.2. The van der Waals surface area contributed by atoms with Crippen molar-refractivity contribution in [2.75, 3.05) is 13.1 Å². The molecule has 0 heterocycles. The quantitative estimate of drug-likeness (QED) is 0.460. The number of hydrogen-bond acceptors (Lipinski definition) is 3. The Kier molecular flexibility index (Phi) is 7.05. The van der Waals surface area contributed by atoms with Crippen molar-refractivity contribution in [3.63, 3.8) is 0 Å². The summed E-state index contributed by atoms with van der Waals surface area (Å²) in [6, 6.07) is 5.59. The van der Waals surface area contributed by atoms with Gasteiger partial charge in [0.15, 0.2) is 0 Å². The van der Waals surface area contributed by atoms with Gasteiger partial charge in [-0.25, -0.2) is 5.84 Å². The van der Waals surface area contributed by atoms with Crippen molar-refractivity contribution in [3.8, 4) is 0 Å². The monoisotopic (exact) mass is 327 g/mol. The second-order valence-corrected chi connectivity index (χ2v) is 5.36. The first-order chi connectivity index (χ1) is 9.12. The predicted octanol–water partition coefficient (Wildman–Crippen LogP) is 2.67. The molecule has 0 unspecified atom stereocenters. The van der Waals surface area contributed by atoms with E-state index in [1.165, 1.54) is 18.4 Å². The average molecular weight is 328 g/mol. The molecule has 19 heavy (non-hydrogen) atoms. The largest absolute Gasteiger partial charge is 0.299 e. The summed E-state index contributed by atoms with van der Waals surface area (Å²) in [6.07, 6.45) is 2.41. The van der Waals surface area contributed by atoms with Crippen molar-refractivity contribution >= 4 is 21.8 Å². The number of halogens is 1. The molecule has 1 aromatic rings. The summed E-state index contributed by atoms with van der Waals surface area (Å²) in [5, 5.41) is 0. The lowest BCUT2D eigenvalue weighted by atomic mass is 10.1. The molecule has 0 aliphatic carbocycles. The van der Waals surface area contributed by atoms with Gasteiger partial charge in [-0.15, -0.1) is 0 Å². The summed E-state index contributed by atoms with van der Waals surface area (Å²) >= 11 is 3.52. The fraction of sp³-hybridized carbons (Fsp3) is 0.500. The first kappa shape index (κ1) is 16.1. The normalized spacial score (nSPS) is 10.8. The fourth-order valence-electron chi connectivity index (χ4n) is 1.87. The smallest absolute Gasteiger partial charge is 0.265 e. The van der Waals surface area contributed by atoms with E-state index >= 15 is 0 Å². The van der Waals surface area contributed by atoms with Gasteiger partial charge in [0.1, 0.15) is 0 Å². The maximum atomic E-state index is 11.4. The summed E-state index contributed by atoms with van der Waals surface area (Å²) < 4.78 is 0.948. The lowest BCUT2D eigenvalue weighted by molar-refractivity contribution is 0.0953. The molecule has 0 aromatic heterocycles. The van der Waals surface area contributed by atoms with Crippen LogP contribution in [0.5, 0.6) is 0 Å². The minimum atomic E-state index is -0.273. The molecule has 1 rings (SSSR count). The lowest BCUT2D eigenvalue weighted by Crippen LogP contribution is -2.30. The van der Waals surface area contributed by atoms with Crippen LogP contribution in [0, 0.1) is 0 Å². The highest BCUT2D eigenvalue weighted by atomic mass is 79.9. The Bertz CT molecular complexity index is 423. The molecule has 0 fully saturated rings. The van der Waals surface area contributed by atoms with Crippen molar-refractivity contribution < 1.29 is 4.79 Å². The number of carbonyl (C=O) groups excluding carboxylic acids is 1. The third-order valence-electron chi connectivity index (χ3n) is 3.12. The highest BCUT2D eigenvalue weighted by Gasteiger charge is 2.09. The van der Waals surface area contributed by atoms with Gasteiger partial charge in [-0.05, 0) is 37.2 Å². The Balaban J connectivity index is 2.75. The fourth-order valence-corrected chi connectivity index (χ4v) is 2.38. The summed E-state index contributed by atoms with van der Waals surface area (Å²) in [6.45, 7) is 7.38. The van der Waals surface area contributed by atoms with Crippen LogP contribution in [-0.4, -0.2) is 23.9 Å². The van der Waals surface area contributed by atoms with Crippen molar-refractivity contribution in [3.05, 3.63) is 33.8 Å². The summed E-state index contributed by atoms with van der Waals surface area (Å²) in [5.74, 6) is 4.85. The van der Waals surface area contributed by atoms with E-state index < -0.39 is 0 Å². The molecule has 106 valence electrons. The molecular weight excluding hydrogens is 306 g/mol. The Morgan fingerprint density at radius 3 is 2.68 bits per heavy atom. The zero-order chi connectivity index (χ0) is 14.3. The van der Waals surface area contributed by atoms with Crippen LogP contribution in [0.4, 0.5) is 0 Å². The van der Waals surface area contributed by atoms with Crippen molar-refractivity contribution in [1.82, 2.24) is 10.3 Å². The van der Waals surface area contributed by atoms with Crippen LogP contribution >= 0.6 is 15.9 Å². The van der Waals surface area contributed by atoms with E-state index in [1.54, 1.807) is 6.07 Å². The SMILES string of the molecule is CCCCN(CC)Cc1ccc(C(=O)NN)cc1Br. The molecule has 1 aromatic carbocycles. The number of hydrogen-bond donors (Lipinski definition) is 2. The molecule has 0 aliphatic rings. The number of amides is 1. The standard InChI is InChI=1S/C14H22BrN3O/c1-3-5-8-18(4-2)10-12-7-6-11(9-13(12)15)14(19)17-16/h6-7,9H,3-5,8,10,16H2,1-2H3,(H,17,19). The van der Waals surface area contributed by atoms with Gasteiger partial charge in [0, 0.05) is 16.6 Å². The summed E-state index contributed by atoms with van der Waals surface area (Å²) in [4.78, 5) is 13.8. The number of nitrogens with zero attached hydrogens (tertiary/aromatic N) is 1. The van der Waals surface area contributed by atoms with E-state index in [0.717, 1.165) is 24.1 Å². The maximum Gasteiger partial charge on any atom is 0.265 e. The van der Waals surface area contributed by atoms with Crippen molar-refractivity contribution in [2.45, 2.75) is 33.2 Å². The van der Waals surface area contributed by atoms with Crippen LogP contribution in [0.25, 0.3) is 0 Å². The Labute approximate surface area is 123 Å². The minimum Gasteiger partial charge on any atom is -0.299 e. The lowest BCUT2D eigenvalue weighted by Gasteiger charge is -2.21. The highest BCUT2D eigenvalue weighted by molar-refractivity contribution is 9.10. The number of benzene rings is 1. The number of unbranched alkanes of at least 4 members (excludes halogenated alkanes) is 1. The second-order valence-electron chi connectivity index (χ2n) is 4.50. The molecular formula is C14H22BrN3O. The Morgan fingerprint density at radius 2 is 2.16 bits per heavy atom. The van der Waals surface area contributed by atoms with E-state index in [0.29, 0.717) is 5.56 Å². The molecule has 0 saturated heterocycles. The van der Waals surface area contributed by atoms with Crippen LogP contribution < -0.4 is 11.3 Å². The van der Waals surface area contributed by atoms with Gasteiger partial charge in [-0.2, -0.15) is 0 Å². The summed E-state index contributed by atoms with van der Waals surface area (Å²) in [5.41, 5.74) is 3.89. The number of hydrazine groups is 1. The van der Waals surface area contributed by atoms with Gasteiger partial charge >= 0.3 is 0 Å². The number of carbonyl (C=O) groups is 1. The molecule has 0 bridgehead atoms. The average Bonchev–Trinajstić information content (AvgIpc) is 2.44. The van der Waals surface area contributed by atoms with Crippen molar-refractivity contribution in [2.24, 2.45) is 5.84 Å². The van der Waals surface area contributed by atoms with Crippen molar-refractivity contribution in [1.29, 1.82) is 0 Å². The Hall–Kier alpha value is -0.910. The van der Waals surface area contributed by atoms with Crippen LogP contribution in [0.15, 0.2) is 22.7 Å². The minimum absolute atomic E-state index is 0.273. The molecule has 3 N–H and O–H groups in total. The predicted molar refractivity (Wildman–Crippen MR) is 81.7 cm³/mol. The third-order valence-corrected chi connectivity index (χ3v) is 3.85. The van der Waals surface area contributed by atoms with E-state index in [9.17, 15) is 4.79 Å². The molecule has 0 spiro atoms. The zero-order valence-electron chi connectivity index (χ0n) is 11.6. The number of nitrogens with two attached hydrogens (primary N) is 1. The van der Waals surface area contributed by atoms with Gasteiger partial charge in [-0.3, -0.25) is 15.1 Å². The number of nitrogen functional groups attached to an aromatic ring is 1. The van der Waals surface area contributed by atoms with E-state index in [2.05, 4.69) is 40.1 Å². The molecule has 0 atom stereocenters. The van der Waals surface area contributed by atoms with E-state index in [1.807, 2.05) is 12.1 Å². The molecule has 4 nitrogen and oxygen atoms in total. The molecule has 0 aliphatic heterocycles. The first-order valence-corrected chi connectivity index (χ1v) is 7.43. The van der Waals surface area contributed by atoms with Gasteiger partial charge in [0.05, 0.1) is 0 Å². The first-order valence-electron chi connectivity index (χ1n) is 6.64. The summed E-state index contributed by atoms with van der Waals surface area (Å²) in [7, 11) is 0. The molecule has 1 amide bonds. The van der Waals surface area contributed by atoms with E-state index in [-0.39, 0.29) is 5.91 Å². The van der Waals surface area contributed by atoms with Crippen LogP contribution in [0.1, 0.15) is 42.6 Å².